The fourth-order valence-corrected chi connectivity index (χ4v) is 4.11. The number of hydrogen-bond donors (Lipinski definition) is 1. The van der Waals surface area contributed by atoms with Gasteiger partial charge in [0, 0.05) is 32.1 Å². The molecule has 0 spiro atoms. The molecule has 5 heteroatoms. The van der Waals surface area contributed by atoms with Crippen LogP contribution in [-0.2, 0) is 11.2 Å². The molecule has 0 aromatic carbocycles. The van der Waals surface area contributed by atoms with Crippen molar-refractivity contribution in [2.45, 2.75) is 31.9 Å². The minimum absolute atomic E-state index is 0.00117. The molecule has 0 amide bonds. The summed E-state index contributed by atoms with van der Waals surface area (Å²) in [5.74, 6) is 0. The maximum absolute atomic E-state index is 6.19. The van der Waals surface area contributed by atoms with Crippen molar-refractivity contribution >= 4 is 38.6 Å². The van der Waals surface area contributed by atoms with Gasteiger partial charge in [-0.15, -0.1) is 22.7 Å². The highest BCUT2D eigenvalue weighted by Gasteiger charge is 2.20. The van der Waals surface area contributed by atoms with E-state index in [1.807, 2.05) is 0 Å². The standard InChI is InChI=1S/C14H18BrNOS2/c1-2-12(16)14(13-8-10(15)9-19-13)17-6-5-11-4-3-7-18-11/h3-4,7-9,12,14H,2,5-6,16H2,1H3. The van der Waals surface area contributed by atoms with Crippen LogP contribution in [0.3, 0.4) is 0 Å². The molecule has 0 bridgehead atoms. The molecule has 0 aliphatic carbocycles. The lowest BCUT2D eigenvalue weighted by Gasteiger charge is -2.22. The van der Waals surface area contributed by atoms with Crippen molar-refractivity contribution in [2.75, 3.05) is 6.61 Å². The van der Waals surface area contributed by atoms with E-state index in [1.54, 1.807) is 22.7 Å². The van der Waals surface area contributed by atoms with Gasteiger partial charge in [-0.2, -0.15) is 0 Å². The largest absolute Gasteiger partial charge is 0.371 e. The molecular formula is C14H18BrNOS2. The Balaban J connectivity index is 1.94. The Hall–Kier alpha value is -0.200. The first-order chi connectivity index (χ1) is 9.20. The van der Waals surface area contributed by atoms with E-state index < -0.39 is 0 Å². The average molecular weight is 360 g/mol. The van der Waals surface area contributed by atoms with E-state index in [0.29, 0.717) is 6.61 Å². The lowest BCUT2D eigenvalue weighted by atomic mass is 10.1. The predicted molar refractivity (Wildman–Crippen MR) is 87.0 cm³/mol. The Labute approximate surface area is 130 Å². The van der Waals surface area contributed by atoms with E-state index in [2.05, 4.69) is 51.8 Å². The van der Waals surface area contributed by atoms with Crippen molar-refractivity contribution in [3.8, 4) is 0 Å². The number of rotatable bonds is 7. The number of nitrogens with two attached hydrogens (primary N) is 1. The van der Waals surface area contributed by atoms with Gasteiger partial charge in [-0.3, -0.25) is 0 Å². The molecule has 0 aliphatic heterocycles. The van der Waals surface area contributed by atoms with E-state index in [0.717, 1.165) is 17.3 Å². The molecule has 2 N–H and O–H groups in total. The molecule has 2 heterocycles. The quantitative estimate of drug-likeness (QED) is 0.783. The molecule has 2 nitrogen and oxygen atoms in total. The third-order valence-corrected chi connectivity index (χ3v) is 5.65. The Morgan fingerprint density at radius 2 is 2.26 bits per heavy atom. The summed E-state index contributed by atoms with van der Waals surface area (Å²) < 4.78 is 7.14. The lowest BCUT2D eigenvalue weighted by Crippen LogP contribution is -2.29. The summed E-state index contributed by atoms with van der Waals surface area (Å²) in [7, 11) is 0. The summed E-state index contributed by atoms with van der Waals surface area (Å²) >= 11 is 6.96. The van der Waals surface area contributed by atoms with Crippen LogP contribution in [0, 0.1) is 0 Å². The Morgan fingerprint density at radius 1 is 1.42 bits per heavy atom. The predicted octanol–water partition coefficient (Wildman–Crippen LogP) is 4.61. The van der Waals surface area contributed by atoms with Gasteiger partial charge in [0.2, 0.25) is 0 Å². The third-order valence-electron chi connectivity index (χ3n) is 2.95. The Bertz CT molecular complexity index is 483. The van der Waals surface area contributed by atoms with Gasteiger partial charge >= 0.3 is 0 Å². The van der Waals surface area contributed by atoms with Crippen molar-refractivity contribution in [1.29, 1.82) is 0 Å². The van der Waals surface area contributed by atoms with Crippen LogP contribution in [-0.4, -0.2) is 12.6 Å². The molecule has 19 heavy (non-hydrogen) atoms. The van der Waals surface area contributed by atoms with Crippen molar-refractivity contribution in [3.63, 3.8) is 0 Å². The average Bonchev–Trinajstić information content (AvgIpc) is 3.05. The van der Waals surface area contributed by atoms with Crippen molar-refractivity contribution < 1.29 is 4.74 Å². The Kier molecular flexibility index (Phi) is 6.04. The smallest absolute Gasteiger partial charge is 0.107 e. The summed E-state index contributed by atoms with van der Waals surface area (Å²) in [5, 5.41) is 4.17. The van der Waals surface area contributed by atoms with Gasteiger partial charge in [0.05, 0.1) is 6.61 Å². The molecule has 2 aromatic rings. The molecular weight excluding hydrogens is 342 g/mol. The van der Waals surface area contributed by atoms with Gasteiger partial charge in [-0.25, -0.2) is 0 Å². The second-order valence-corrected chi connectivity index (χ2v) is 7.25. The van der Waals surface area contributed by atoms with E-state index >= 15 is 0 Å². The fourth-order valence-electron chi connectivity index (χ4n) is 1.85. The van der Waals surface area contributed by atoms with E-state index in [4.69, 9.17) is 10.5 Å². The summed E-state index contributed by atoms with van der Waals surface area (Å²) in [6.07, 6.45) is 1.87. The van der Waals surface area contributed by atoms with E-state index in [1.165, 1.54) is 9.75 Å². The lowest BCUT2D eigenvalue weighted by molar-refractivity contribution is 0.0381. The molecule has 0 saturated carbocycles. The molecule has 0 radical (unpaired) electrons. The second-order valence-electron chi connectivity index (χ2n) is 4.36. The maximum Gasteiger partial charge on any atom is 0.107 e. The summed E-state index contributed by atoms with van der Waals surface area (Å²) in [6.45, 7) is 2.82. The van der Waals surface area contributed by atoms with E-state index in [9.17, 15) is 0 Å². The van der Waals surface area contributed by atoms with Crippen molar-refractivity contribution in [3.05, 3.63) is 43.2 Å². The van der Waals surface area contributed by atoms with Crippen LogP contribution in [0.15, 0.2) is 33.4 Å². The van der Waals surface area contributed by atoms with Gasteiger partial charge in [0.15, 0.2) is 0 Å². The van der Waals surface area contributed by atoms with Crippen LogP contribution in [0.25, 0.3) is 0 Å². The highest BCUT2D eigenvalue weighted by molar-refractivity contribution is 9.10. The zero-order valence-electron chi connectivity index (χ0n) is 10.8. The first-order valence-electron chi connectivity index (χ1n) is 6.34. The van der Waals surface area contributed by atoms with Gasteiger partial charge < -0.3 is 10.5 Å². The molecule has 0 fully saturated rings. The Morgan fingerprint density at radius 3 is 2.84 bits per heavy atom. The third kappa shape index (κ3) is 4.39. The van der Waals surface area contributed by atoms with Crippen LogP contribution in [0.4, 0.5) is 0 Å². The van der Waals surface area contributed by atoms with Gasteiger partial charge in [-0.1, -0.05) is 13.0 Å². The monoisotopic (exact) mass is 359 g/mol. The first kappa shape index (κ1) is 15.2. The van der Waals surface area contributed by atoms with Crippen LogP contribution < -0.4 is 5.73 Å². The topological polar surface area (TPSA) is 35.2 Å². The molecule has 2 atom stereocenters. The molecule has 104 valence electrons. The van der Waals surface area contributed by atoms with Gasteiger partial charge in [0.1, 0.15) is 6.10 Å². The van der Waals surface area contributed by atoms with Crippen LogP contribution in [0.1, 0.15) is 29.2 Å². The number of halogens is 1. The fraction of sp³-hybridized carbons (Fsp3) is 0.429. The van der Waals surface area contributed by atoms with Crippen molar-refractivity contribution in [1.82, 2.24) is 0 Å². The summed E-state index contributed by atoms with van der Waals surface area (Å²) in [4.78, 5) is 2.56. The van der Waals surface area contributed by atoms with Crippen molar-refractivity contribution in [2.24, 2.45) is 5.73 Å². The summed E-state index contributed by atoms with van der Waals surface area (Å²) in [6, 6.07) is 6.38. The highest BCUT2D eigenvalue weighted by atomic mass is 79.9. The number of hydrogen-bond acceptors (Lipinski definition) is 4. The van der Waals surface area contributed by atoms with Gasteiger partial charge in [-0.05, 0) is 39.9 Å². The maximum atomic E-state index is 6.19. The minimum atomic E-state index is 0.00117. The first-order valence-corrected chi connectivity index (χ1v) is 8.89. The summed E-state index contributed by atoms with van der Waals surface area (Å²) in [5.41, 5.74) is 6.19. The normalized spacial score (nSPS) is 14.5. The molecule has 2 aromatic heterocycles. The van der Waals surface area contributed by atoms with Crippen LogP contribution >= 0.6 is 38.6 Å². The van der Waals surface area contributed by atoms with Crippen LogP contribution in [0.2, 0.25) is 0 Å². The number of ether oxygens (including phenoxy) is 1. The molecule has 2 rings (SSSR count). The van der Waals surface area contributed by atoms with E-state index in [-0.39, 0.29) is 12.1 Å². The molecule has 2 unspecified atom stereocenters. The second kappa shape index (κ2) is 7.55. The zero-order valence-corrected chi connectivity index (χ0v) is 14.1. The minimum Gasteiger partial charge on any atom is -0.371 e. The highest BCUT2D eigenvalue weighted by Crippen LogP contribution is 2.30. The molecule has 0 saturated heterocycles. The zero-order chi connectivity index (χ0) is 13.7. The number of thiophene rings is 2. The molecule has 0 aliphatic rings. The van der Waals surface area contributed by atoms with Gasteiger partial charge in [0.25, 0.3) is 0 Å². The SMILES string of the molecule is CCC(N)C(OCCc1cccs1)c1cc(Br)cs1. The van der Waals surface area contributed by atoms with Crippen LogP contribution in [0.5, 0.6) is 0 Å².